The molecule has 3 aliphatic rings. The summed E-state index contributed by atoms with van der Waals surface area (Å²) >= 11 is 0. The van der Waals surface area contributed by atoms with Crippen molar-refractivity contribution >= 4 is 11.9 Å². The second-order valence-electron chi connectivity index (χ2n) is 8.29. The van der Waals surface area contributed by atoms with Crippen LogP contribution in [-0.2, 0) is 4.79 Å². The molecule has 3 saturated carbocycles. The van der Waals surface area contributed by atoms with Gasteiger partial charge < -0.3 is 9.47 Å². The van der Waals surface area contributed by atoms with E-state index in [0.717, 1.165) is 54.1 Å². The standard InChI is InChI=1S/C22H28O3/c1-24-19-9-15(10-20(11-19)25-2)6-7-21(23)22-12-16-4-3-5-17(13-22)18(8-16)14-22/h6-7,9-11,16-18H,3-5,8,12-14H2,1-2H3/b7-6+. The lowest BCUT2D eigenvalue weighted by molar-refractivity contribution is -0.125. The van der Waals surface area contributed by atoms with E-state index >= 15 is 0 Å². The van der Waals surface area contributed by atoms with E-state index in [-0.39, 0.29) is 5.41 Å². The van der Waals surface area contributed by atoms with E-state index in [9.17, 15) is 4.79 Å². The Morgan fingerprint density at radius 1 is 1.04 bits per heavy atom. The van der Waals surface area contributed by atoms with Crippen molar-refractivity contribution in [3.8, 4) is 11.5 Å². The fourth-order valence-electron chi connectivity index (χ4n) is 5.73. The van der Waals surface area contributed by atoms with Crippen LogP contribution in [0.25, 0.3) is 6.08 Å². The summed E-state index contributed by atoms with van der Waals surface area (Å²) in [6.07, 6.45) is 12.5. The molecule has 3 aliphatic carbocycles. The topological polar surface area (TPSA) is 35.5 Å². The lowest BCUT2D eigenvalue weighted by atomic mass is 9.67. The first-order chi connectivity index (χ1) is 12.1. The highest BCUT2D eigenvalue weighted by atomic mass is 16.5. The molecular weight excluding hydrogens is 312 g/mol. The maximum atomic E-state index is 13.1. The Bertz CT molecular complexity index is 666. The van der Waals surface area contributed by atoms with Gasteiger partial charge in [0.05, 0.1) is 14.2 Å². The minimum Gasteiger partial charge on any atom is -0.497 e. The van der Waals surface area contributed by atoms with Gasteiger partial charge in [-0.2, -0.15) is 0 Å². The third kappa shape index (κ3) is 3.09. The molecule has 0 spiro atoms. The van der Waals surface area contributed by atoms with E-state index in [2.05, 4.69) is 0 Å². The molecule has 1 aromatic rings. The first kappa shape index (κ1) is 16.7. The molecule has 25 heavy (non-hydrogen) atoms. The van der Waals surface area contributed by atoms with Crippen LogP contribution in [0.2, 0.25) is 0 Å². The van der Waals surface area contributed by atoms with Crippen molar-refractivity contribution in [3.05, 3.63) is 29.8 Å². The first-order valence-electron chi connectivity index (χ1n) is 9.57. The third-order valence-electron chi connectivity index (χ3n) is 6.80. The second kappa shape index (κ2) is 6.51. The van der Waals surface area contributed by atoms with E-state index < -0.39 is 0 Å². The lowest BCUT2D eigenvalue weighted by Gasteiger charge is -2.36. The Morgan fingerprint density at radius 2 is 1.76 bits per heavy atom. The van der Waals surface area contributed by atoms with Gasteiger partial charge in [0.1, 0.15) is 11.5 Å². The molecule has 3 bridgehead atoms. The molecule has 0 aliphatic heterocycles. The van der Waals surface area contributed by atoms with Crippen LogP contribution in [0.4, 0.5) is 0 Å². The number of carbonyl (C=O) groups is 1. The highest BCUT2D eigenvalue weighted by Crippen LogP contribution is 2.60. The summed E-state index contributed by atoms with van der Waals surface area (Å²) in [6, 6.07) is 5.73. The second-order valence-corrected chi connectivity index (χ2v) is 8.29. The number of hydrogen-bond donors (Lipinski definition) is 0. The number of hydrogen-bond acceptors (Lipinski definition) is 3. The van der Waals surface area contributed by atoms with Crippen LogP contribution < -0.4 is 9.47 Å². The SMILES string of the molecule is COc1cc(/C=C/C(=O)C23CC4CCCC(C2)C(C4)C3)cc(OC)c1. The van der Waals surface area contributed by atoms with Gasteiger partial charge in [-0.15, -0.1) is 0 Å². The molecule has 0 amide bonds. The van der Waals surface area contributed by atoms with Crippen LogP contribution in [0, 0.1) is 23.2 Å². The van der Waals surface area contributed by atoms with Gasteiger partial charge in [0.2, 0.25) is 0 Å². The normalized spacial score (nSPS) is 33.4. The van der Waals surface area contributed by atoms with Gasteiger partial charge in [0.25, 0.3) is 0 Å². The molecule has 134 valence electrons. The number of fused-ring (bicyclic) bond motifs is 2. The average molecular weight is 340 g/mol. The van der Waals surface area contributed by atoms with Crippen LogP contribution in [0.1, 0.15) is 50.5 Å². The number of benzene rings is 1. The van der Waals surface area contributed by atoms with Gasteiger partial charge in [0, 0.05) is 11.5 Å². The lowest BCUT2D eigenvalue weighted by Crippen LogP contribution is -2.33. The van der Waals surface area contributed by atoms with Gasteiger partial charge in [-0.3, -0.25) is 4.79 Å². The molecule has 3 fully saturated rings. The van der Waals surface area contributed by atoms with Gasteiger partial charge >= 0.3 is 0 Å². The van der Waals surface area contributed by atoms with Crippen molar-refractivity contribution in [1.82, 2.24) is 0 Å². The summed E-state index contributed by atoms with van der Waals surface area (Å²) in [6.45, 7) is 0. The number of ether oxygens (including phenoxy) is 2. The van der Waals surface area contributed by atoms with Crippen molar-refractivity contribution < 1.29 is 14.3 Å². The molecule has 3 heteroatoms. The highest BCUT2D eigenvalue weighted by molar-refractivity contribution is 5.98. The number of ketones is 1. The summed E-state index contributed by atoms with van der Waals surface area (Å²) in [4.78, 5) is 13.1. The zero-order valence-electron chi connectivity index (χ0n) is 15.3. The van der Waals surface area contributed by atoms with Crippen molar-refractivity contribution in [2.45, 2.75) is 44.9 Å². The first-order valence-corrected chi connectivity index (χ1v) is 9.57. The van der Waals surface area contributed by atoms with E-state index in [0.29, 0.717) is 5.78 Å². The summed E-state index contributed by atoms with van der Waals surface area (Å²) in [7, 11) is 3.29. The van der Waals surface area contributed by atoms with Crippen LogP contribution in [-0.4, -0.2) is 20.0 Å². The number of allylic oxidation sites excluding steroid dienone is 1. The predicted molar refractivity (Wildman–Crippen MR) is 98.8 cm³/mol. The minimum absolute atomic E-state index is 0.0713. The fourth-order valence-corrected chi connectivity index (χ4v) is 5.73. The maximum Gasteiger partial charge on any atom is 0.161 e. The molecular formula is C22H28O3. The summed E-state index contributed by atoms with van der Waals surface area (Å²) in [5, 5.41) is 0. The Balaban J connectivity index is 1.55. The summed E-state index contributed by atoms with van der Waals surface area (Å²) < 4.78 is 10.6. The van der Waals surface area contributed by atoms with Crippen LogP contribution in [0.5, 0.6) is 11.5 Å². The molecule has 1 aromatic carbocycles. The van der Waals surface area contributed by atoms with E-state index in [1.165, 1.54) is 25.7 Å². The Labute approximate surface area is 150 Å². The molecule has 4 unspecified atom stereocenters. The maximum absolute atomic E-state index is 13.1. The number of carbonyl (C=O) groups excluding carboxylic acids is 1. The van der Waals surface area contributed by atoms with E-state index in [4.69, 9.17) is 9.47 Å². The smallest absolute Gasteiger partial charge is 0.161 e. The molecule has 0 N–H and O–H groups in total. The highest BCUT2D eigenvalue weighted by Gasteiger charge is 2.54. The van der Waals surface area contributed by atoms with Gasteiger partial charge in [-0.05, 0) is 67.2 Å². The largest absolute Gasteiger partial charge is 0.497 e. The quantitative estimate of drug-likeness (QED) is 0.716. The third-order valence-corrected chi connectivity index (χ3v) is 6.80. The van der Waals surface area contributed by atoms with Crippen molar-refractivity contribution in [2.75, 3.05) is 14.2 Å². The zero-order chi connectivity index (χ0) is 17.4. The minimum atomic E-state index is -0.0713. The van der Waals surface area contributed by atoms with Gasteiger partial charge in [0.15, 0.2) is 5.78 Å². The Kier molecular flexibility index (Phi) is 4.35. The van der Waals surface area contributed by atoms with E-state index in [1.807, 2.05) is 30.4 Å². The average Bonchev–Trinajstić information content (AvgIpc) is 2.80. The van der Waals surface area contributed by atoms with Crippen LogP contribution in [0.15, 0.2) is 24.3 Å². The van der Waals surface area contributed by atoms with Gasteiger partial charge in [-0.25, -0.2) is 0 Å². The van der Waals surface area contributed by atoms with E-state index in [1.54, 1.807) is 14.2 Å². The molecule has 3 nitrogen and oxygen atoms in total. The van der Waals surface area contributed by atoms with Crippen molar-refractivity contribution in [2.24, 2.45) is 23.2 Å². The molecule has 4 rings (SSSR count). The molecule has 0 saturated heterocycles. The van der Waals surface area contributed by atoms with Crippen LogP contribution >= 0.6 is 0 Å². The molecule has 0 radical (unpaired) electrons. The number of rotatable bonds is 5. The monoisotopic (exact) mass is 340 g/mol. The van der Waals surface area contributed by atoms with Crippen molar-refractivity contribution in [3.63, 3.8) is 0 Å². The fraction of sp³-hybridized carbons (Fsp3) is 0.591. The van der Waals surface area contributed by atoms with Gasteiger partial charge in [-0.1, -0.05) is 25.3 Å². The number of methoxy groups -OCH3 is 2. The zero-order valence-corrected chi connectivity index (χ0v) is 15.3. The predicted octanol–water partition coefficient (Wildman–Crippen LogP) is 4.89. The Morgan fingerprint density at radius 3 is 2.48 bits per heavy atom. The molecule has 0 heterocycles. The molecule has 4 atom stereocenters. The summed E-state index contributed by atoms with van der Waals surface area (Å²) in [5.41, 5.74) is 0.879. The summed E-state index contributed by atoms with van der Waals surface area (Å²) in [5.74, 6) is 4.21. The van der Waals surface area contributed by atoms with Crippen molar-refractivity contribution in [1.29, 1.82) is 0 Å². The van der Waals surface area contributed by atoms with Crippen LogP contribution in [0.3, 0.4) is 0 Å². The Hall–Kier alpha value is -1.77. The molecule has 0 aromatic heterocycles.